The van der Waals surface area contributed by atoms with E-state index in [1.165, 1.54) is 5.56 Å². The molecule has 0 fully saturated rings. The number of rotatable bonds is 8. The zero-order chi connectivity index (χ0) is 17.4. The lowest BCUT2D eigenvalue weighted by atomic mass is 10.1. The maximum Gasteiger partial charge on any atom is 0.226 e. The molecular formula is C20H27ClN2O2. The van der Waals surface area contributed by atoms with Gasteiger partial charge in [-0.15, -0.1) is 12.4 Å². The van der Waals surface area contributed by atoms with Crippen LogP contribution in [0, 0.1) is 5.92 Å². The summed E-state index contributed by atoms with van der Waals surface area (Å²) in [6, 6.07) is 18.0. The molecule has 1 atom stereocenters. The zero-order valence-electron chi connectivity index (χ0n) is 14.9. The fourth-order valence-corrected chi connectivity index (χ4v) is 2.54. The van der Waals surface area contributed by atoms with E-state index in [-0.39, 0.29) is 24.2 Å². The second-order valence-corrected chi connectivity index (χ2v) is 5.98. The Hall–Kier alpha value is -2.04. The molecule has 1 amide bonds. The van der Waals surface area contributed by atoms with Gasteiger partial charge in [-0.2, -0.15) is 0 Å². The van der Waals surface area contributed by atoms with E-state index < -0.39 is 0 Å². The maximum absolute atomic E-state index is 12.6. The van der Waals surface area contributed by atoms with Gasteiger partial charge in [0.15, 0.2) is 0 Å². The first-order chi connectivity index (χ1) is 11.6. The van der Waals surface area contributed by atoms with E-state index >= 15 is 0 Å². The number of carbonyl (C=O) groups excluding carboxylic acids is 1. The third-order valence-corrected chi connectivity index (χ3v) is 4.13. The monoisotopic (exact) mass is 362 g/mol. The number of hydrogen-bond acceptors (Lipinski definition) is 3. The van der Waals surface area contributed by atoms with Crippen molar-refractivity contribution in [2.75, 3.05) is 20.2 Å². The highest BCUT2D eigenvalue weighted by molar-refractivity contribution is 5.85. The van der Waals surface area contributed by atoms with Gasteiger partial charge in [0.25, 0.3) is 0 Å². The average Bonchev–Trinajstić information content (AvgIpc) is 2.65. The number of nitrogens with two attached hydrogens (primary N) is 1. The Morgan fingerprint density at radius 1 is 1.08 bits per heavy atom. The van der Waals surface area contributed by atoms with Crippen molar-refractivity contribution in [3.63, 3.8) is 0 Å². The van der Waals surface area contributed by atoms with E-state index in [0.717, 1.165) is 17.7 Å². The third kappa shape index (κ3) is 6.40. The first-order valence-electron chi connectivity index (χ1n) is 8.29. The van der Waals surface area contributed by atoms with Gasteiger partial charge in [-0.05, 0) is 29.7 Å². The molecule has 2 aromatic carbocycles. The number of nitrogens with zero attached hydrogens (tertiary/aromatic N) is 1. The normalized spacial score (nSPS) is 11.3. The SMILES string of the molecule is COc1ccc(CCN(Cc2ccccc2)C(=O)C(C)CN)cc1.Cl. The van der Waals surface area contributed by atoms with Crippen molar-refractivity contribution in [1.82, 2.24) is 4.90 Å². The van der Waals surface area contributed by atoms with Crippen molar-refractivity contribution in [1.29, 1.82) is 0 Å². The minimum atomic E-state index is -0.162. The highest BCUT2D eigenvalue weighted by Crippen LogP contribution is 2.14. The van der Waals surface area contributed by atoms with Crippen molar-refractivity contribution in [3.8, 4) is 5.75 Å². The molecule has 5 heteroatoms. The molecule has 0 radical (unpaired) electrons. The van der Waals surface area contributed by atoms with Gasteiger partial charge in [0.1, 0.15) is 5.75 Å². The number of ether oxygens (including phenoxy) is 1. The summed E-state index contributed by atoms with van der Waals surface area (Å²) in [5.74, 6) is 0.784. The largest absolute Gasteiger partial charge is 0.497 e. The fraction of sp³-hybridized carbons (Fsp3) is 0.350. The van der Waals surface area contributed by atoms with Crippen LogP contribution in [0.5, 0.6) is 5.75 Å². The molecule has 2 N–H and O–H groups in total. The summed E-state index contributed by atoms with van der Waals surface area (Å²) in [5.41, 5.74) is 7.99. The van der Waals surface area contributed by atoms with Crippen LogP contribution in [0.2, 0.25) is 0 Å². The Kier molecular flexibility index (Phi) is 9.03. The number of halogens is 1. The highest BCUT2D eigenvalue weighted by Gasteiger charge is 2.19. The quantitative estimate of drug-likeness (QED) is 0.784. The Bertz CT molecular complexity index is 632. The number of methoxy groups -OCH3 is 1. The Labute approximate surface area is 156 Å². The van der Waals surface area contributed by atoms with E-state index in [4.69, 9.17) is 10.5 Å². The predicted molar refractivity (Wildman–Crippen MR) is 104 cm³/mol. The van der Waals surface area contributed by atoms with Crippen molar-refractivity contribution in [2.45, 2.75) is 19.9 Å². The molecular weight excluding hydrogens is 336 g/mol. The Balaban J connectivity index is 0.00000312. The van der Waals surface area contributed by atoms with Gasteiger partial charge >= 0.3 is 0 Å². The van der Waals surface area contributed by atoms with Crippen LogP contribution >= 0.6 is 12.4 Å². The molecule has 0 aromatic heterocycles. The molecule has 4 nitrogen and oxygen atoms in total. The van der Waals surface area contributed by atoms with Crippen molar-refractivity contribution in [2.24, 2.45) is 11.7 Å². The average molecular weight is 363 g/mol. The molecule has 1 unspecified atom stereocenters. The van der Waals surface area contributed by atoms with Gasteiger partial charge in [0.2, 0.25) is 5.91 Å². The molecule has 0 aliphatic rings. The summed E-state index contributed by atoms with van der Waals surface area (Å²) in [6.07, 6.45) is 0.805. The Morgan fingerprint density at radius 2 is 1.72 bits per heavy atom. The molecule has 0 saturated carbocycles. The molecule has 2 aromatic rings. The van der Waals surface area contributed by atoms with Crippen LogP contribution in [0.1, 0.15) is 18.1 Å². The van der Waals surface area contributed by atoms with Crippen LogP contribution < -0.4 is 10.5 Å². The van der Waals surface area contributed by atoms with Crippen LogP contribution in [-0.2, 0) is 17.8 Å². The molecule has 0 heterocycles. The van der Waals surface area contributed by atoms with Gasteiger partial charge < -0.3 is 15.4 Å². The van der Waals surface area contributed by atoms with E-state index in [2.05, 4.69) is 0 Å². The summed E-state index contributed by atoms with van der Waals surface area (Å²) in [6.45, 7) is 3.53. The molecule has 0 bridgehead atoms. The second kappa shape index (κ2) is 10.7. The van der Waals surface area contributed by atoms with Gasteiger partial charge in [-0.1, -0.05) is 49.4 Å². The summed E-state index contributed by atoms with van der Waals surface area (Å²) >= 11 is 0. The molecule has 2 rings (SSSR count). The molecule has 0 saturated heterocycles. The molecule has 25 heavy (non-hydrogen) atoms. The van der Waals surface area contributed by atoms with Crippen LogP contribution in [0.15, 0.2) is 54.6 Å². The summed E-state index contributed by atoms with van der Waals surface area (Å²) < 4.78 is 5.18. The summed E-state index contributed by atoms with van der Waals surface area (Å²) in [4.78, 5) is 14.5. The van der Waals surface area contributed by atoms with Crippen LogP contribution in [0.3, 0.4) is 0 Å². The van der Waals surface area contributed by atoms with Crippen molar-refractivity contribution >= 4 is 18.3 Å². The second-order valence-electron chi connectivity index (χ2n) is 5.98. The summed E-state index contributed by atoms with van der Waals surface area (Å²) in [7, 11) is 1.66. The molecule has 0 aliphatic carbocycles. The lowest BCUT2D eigenvalue weighted by Gasteiger charge is -2.25. The van der Waals surface area contributed by atoms with Crippen LogP contribution in [0.4, 0.5) is 0 Å². The smallest absolute Gasteiger partial charge is 0.226 e. The molecule has 0 aliphatic heterocycles. The standard InChI is InChI=1S/C20H26N2O2.ClH/c1-16(14-21)20(23)22(15-18-6-4-3-5-7-18)13-12-17-8-10-19(24-2)11-9-17;/h3-11,16H,12-15,21H2,1-2H3;1H. The van der Waals surface area contributed by atoms with Crippen molar-refractivity contribution < 1.29 is 9.53 Å². The number of amides is 1. The topological polar surface area (TPSA) is 55.6 Å². The lowest BCUT2D eigenvalue weighted by Crippen LogP contribution is -2.38. The molecule has 0 spiro atoms. The van der Waals surface area contributed by atoms with E-state index in [1.807, 2.05) is 66.4 Å². The number of hydrogen-bond donors (Lipinski definition) is 1. The van der Waals surface area contributed by atoms with Gasteiger partial charge in [-0.25, -0.2) is 0 Å². The van der Waals surface area contributed by atoms with Crippen LogP contribution in [0.25, 0.3) is 0 Å². The minimum Gasteiger partial charge on any atom is -0.497 e. The minimum absolute atomic E-state index is 0. The van der Waals surface area contributed by atoms with Crippen molar-refractivity contribution in [3.05, 3.63) is 65.7 Å². The Morgan fingerprint density at radius 3 is 2.28 bits per heavy atom. The highest BCUT2D eigenvalue weighted by atomic mass is 35.5. The van der Waals surface area contributed by atoms with E-state index in [1.54, 1.807) is 7.11 Å². The van der Waals surface area contributed by atoms with E-state index in [9.17, 15) is 4.79 Å². The fourth-order valence-electron chi connectivity index (χ4n) is 2.54. The summed E-state index contributed by atoms with van der Waals surface area (Å²) in [5, 5.41) is 0. The number of carbonyl (C=O) groups is 1. The lowest BCUT2D eigenvalue weighted by molar-refractivity contribution is -0.135. The zero-order valence-corrected chi connectivity index (χ0v) is 15.7. The van der Waals surface area contributed by atoms with E-state index in [0.29, 0.717) is 19.6 Å². The third-order valence-electron chi connectivity index (χ3n) is 4.13. The first-order valence-corrected chi connectivity index (χ1v) is 8.29. The van der Waals surface area contributed by atoms with Gasteiger partial charge in [0.05, 0.1) is 7.11 Å². The number of benzene rings is 2. The first kappa shape index (κ1) is 21.0. The molecule has 136 valence electrons. The maximum atomic E-state index is 12.6. The van der Waals surface area contributed by atoms with Crippen LogP contribution in [-0.4, -0.2) is 31.0 Å². The predicted octanol–water partition coefficient (Wildman–Crippen LogP) is 3.28. The van der Waals surface area contributed by atoms with Gasteiger partial charge in [-0.3, -0.25) is 4.79 Å². The van der Waals surface area contributed by atoms with Gasteiger partial charge in [0, 0.05) is 25.6 Å².